The molecule has 0 aliphatic heterocycles. The Kier molecular flexibility index (Phi) is 10.9. The van der Waals surface area contributed by atoms with Crippen molar-refractivity contribution in [1.29, 1.82) is 0 Å². The Bertz CT molecular complexity index is 1340. The first kappa shape index (κ1) is 38.7. The second-order valence-corrected chi connectivity index (χ2v) is 8.47. The Labute approximate surface area is 241 Å². The van der Waals surface area contributed by atoms with E-state index in [2.05, 4.69) is 24.2 Å². The highest BCUT2D eigenvalue weighted by atomic mass is 19.4. The van der Waals surface area contributed by atoms with Gasteiger partial charge in [-0.05, 0) is 12.1 Å². The molecule has 2 aromatic rings. The molecule has 2 rings (SSSR count). The second-order valence-electron chi connectivity index (χ2n) is 8.47. The summed E-state index contributed by atoms with van der Waals surface area (Å²) in [5.74, 6) is -21.2. The first-order valence-corrected chi connectivity index (χ1v) is 11.2. The lowest BCUT2D eigenvalue weighted by Crippen LogP contribution is -2.64. The standard InChI is InChI=1S/C21H12F18N2O5/c22-8(6-44-11-2-1-10(12(23)13(11)24)14-40-3-9(42)4-41-14)5-43-7-15(25,26)45-20(36,37)21(38,39)46-19(34,35)17(29,30)16(27,28)18(31,32)33/h1-4,8,42H,5-7H2/t8-/m0/s1. The molecule has 0 radical (unpaired) electrons. The monoisotopic (exact) mass is 714 g/mol. The maximum absolute atomic E-state index is 14.3. The Balaban J connectivity index is 1.99. The van der Waals surface area contributed by atoms with Crippen molar-refractivity contribution < 1.29 is 103 Å². The van der Waals surface area contributed by atoms with Gasteiger partial charge in [-0.15, -0.1) is 0 Å². The molecule has 0 spiro atoms. The molecule has 0 unspecified atom stereocenters. The van der Waals surface area contributed by atoms with Gasteiger partial charge >= 0.3 is 42.5 Å². The zero-order chi connectivity index (χ0) is 35.7. The Morgan fingerprint density at radius 3 is 1.72 bits per heavy atom. The third-order valence-electron chi connectivity index (χ3n) is 4.90. The van der Waals surface area contributed by atoms with Crippen LogP contribution in [-0.4, -0.2) is 83.5 Å². The predicted molar refractivity (Wildman–Crippen MR) is 108 cm³/mol. The van der Waals surface area contributed by atoms with Crippen molar-refractivity contribution in [2.24, 2.45) is 0 Å². The number of benzene rings is 1. The Hall–Kier alpha value is -3.48. The van der Waals surface area contributed by atoms with E-state index in [1.54, 1.807) is 0 Å². The van der Waals surface area contributed by atoms with Gasteiger partial charge in [0.25, 0.3) is 0 Å². The molecule has 1 atom stereocenters. The Morgan fingerprint density at radius 2 is 1.20 bits per heavy atom. The van der Waals surface area contributed by atoms with Gasteiger partial charge in [0.05, 0.1) is 24.6 Å². The summed E-state index contributed by atoms with van der Waals surface area (Å²) in [5.41, 5.74) is -0.573. The number of hydrogen-bond donors (Lipinski definition) is 1. The van der Waals surface area contributed by atoms with Gasteiger partial charge in [-0.25, -0.2) is 28.2 Å². The van der Waals surface area contributed by atoms with Crippen LogP contribution in [0.15, 0.2) is 24.5 Å². The van der Waals surface area contributed by atoms with E-state index >= 15 is 0 Å². The van der Waals surface area contributed by atoms with Gasteiger partial charge in [-0.1, -0.05) is 0 Å². The Morgan fingerprint density at radius 1 is 0.674 bits per heavy atom. The third-order valence-corrected chi connectivity index (χ3v) is 4.90. The highest BCUT2D eigenvalue weighted by molar-refractivity contribution is 5.57. The molecule has 1 heterocycles. The molecule has 0 fully saturated rings. The van der Waals surface area contributed by atoms with E-state index in [0.717, 1.165) is 18.5 Å². The van der Waals surface area contributed by atoms with Crippen LogP contribution in [0, 0.1) is 11.6 Å². The van der Waals surface area contributed by atoms with Gasteiger partial charge < -0.3 is 14.6 Å². The SMILES string of the molecule is Oc1cnc(-c2ccc(OC[C@@H](F)COCC(F)(F)OC(F)(F)C(F)(F)OC(F)(F)C(F)(F)C(F)(F)C(F)(F)F)c(F)c2F)nc1. The van der Waals surface area contributed by atoms with Crippen LogP contribution in [0.3, 0.4) is 0 Å². The van der Waals surface area contributed by atoms with Crippen LogP contribution in [0.1, 0.15) is 0 Å². The van der Waals surface area contributed by atoms with Crippen LogP contribution in [0.5, 0.6) is 11.5 Å². The molecule has 25 heteroatoms. The molecule has 0 bridgehead atoms. The topological polar surface area (TPSA) is 82.9 Å². The molecule has 262 valence electrons. The molecule has 0 amide bonds. The van der Waals surface area contributed by atoms with Crippen LogP contribution < -0.4 is 4.74 Å². The minimum Gasteiger partial charge on any atom is -0.505 e. The van der Waals surface area contributed by atoms with Gasteiger partial charge in [0.2, 0.25) is 5.82 Å². The zero-order valence-electron chi connectivity index (χ0n) is 21.3. The molecule has 1 aromatic heterocycles. The van der Waals surface area contributed by atoms with E-state index in [0.29, 0.717) is 6.07 Å². The van der Waals surface area contributed by atoms with Crippen molar-refractivity contribution in [2.45, 2.75) is 48.6 Å². The van der Waals surface area contributed by atoms with Gasteiger partial charge in [-0.3, -0.25) is 0 Å². The van der Waals surface area contributed by atoms with E-state index in [4.69, 9.17) is 5.11 Å². The number of rotatable bonds is 15. The van der Waals surface area contributed by atoms with Gasteiger partial charge in [0, 0.05) is 0 Å². The molecule has 0 aliphatic rings. The molecule has 0 saturated carbocycles. The van der Waals surface area contributed by atoms with Gasteiger partial charge in [0.15, 0.2) is 29.3 Å². The minimum absolute atomic E-state index is 0.426. The molecule has 46 heavy (non-hydrogen) atoms. The van der Waals surface area contributed by atoms with E-state index in [1.807, 2.05) is 0 Å². The van der Waals surface area contributed by atoms with E-state index in [1.165, 1.54) is 4.74 Å². The minimum atomic E-state index is -8.01. The van der Waals surface area contributed by atoms with Crippen molar-refractivity contribution >= 4 is 0 Å². The average Bonchev–Trinajstić information content (AvgIpc) is 2.88. The van der Waals surface area contributed by atoms with Crippen molar-refractivity contribution in [3.05, 3.63) is 36.2 Å². The fraction of sp³-hybridized carbons (Fsp3) is 0.524. The normalized spacial score (nSPS) is 14.8. The maximum Gasteiger partial charge on any atom is 0.460 e. The molecular formula is C21H12F18N2O5. The lowest BCUT2D eigenvalue weighted by molar-refractivity contribution is -0.543. The van der Waals surface area contributed by atoms with E-state index in [9.17, 15) is 79.0 Å². The maximum atomic E-state index is 14.3. The van der Waals surface area contributed by atoms with Gasteiger partial charge in [0.1, 0.15) is 13.2 Å². The molecule has 7 nitrogen and oxygen atoms in total. The lowest BCUT2D eigenvalue weighted by Gasteiger charge is -2.36. The van der Waals surface area contributed by atoms with Crippen molar-refractivity contribution in [3.63, 3.8) is 0 Å². The van der Waals surface area contributed by atoms with Crippen LogP contribution in [0.4, 0.5) is 79.0 Å². The summed E-state index contributed by atoms with van der Waals surface area (Å²) in [4.78, 5) is 7.01. The summed E-state index contributed by atoms with van der Waals surface area (Å²) >= 11 is 0. The molecule has 0 saturated heterocycles. The van der Waals surface area contributed by atoms with Crippen LogP contribution in [0.25, 0.3) is 11.4 Å². The molecular weight excluding hydrogens is 702 g/mol. The summed E-state index contributed by atoms with van der Waals surface area (Å²) in [5, 5.41) is 9.11. The smallest absolute Gasteiger partial charge is 0.460 e. The summed E-state index contributed by atoms with van der Waals surface area (Å²) in [6.07, 6.45) is -36.8. The quantitative estimate of drug-likeness (QED) is 0.197. The van der Waals surface area contributed by atoms with Crippen molar-refractivity contribution in [1.82, 2.24) is 9.97 Å². The first-order valence-electron chi connectivity index (χ1n) is 11.2. The average molecular weight is 714 g/mol. The summed E-state index contributed by atoms with van der Waals surface area (Å²) < 4.78 is 249. The zero-order valence-corrected chi connectivity index (χ0v) is 21.3. The summed E-state index contributed by atoms with van der Waals surface area (Å²) in [6, 6.07) is 1.52. The highest BCUT2D eigenvalue weighted by Gasteiger charge is 2.85. The highest BCUT2D eigenvalue weighted by Crippen LogP contribution is 2.56. The van der Waals surface area contributed by atoms with E-state index < -0.39 is 103 Å². The summed E-state index contributed by atoms with van der Waals surface area (Å²) in [6.45, 7) is -5.69. The predicted octanol–water partition coefficient (Wildman–Crippen LogP) is 7.10. The molecule has 1 aromatic carbocycles. The fourth-order valence-corrected chi connectivity index (χ4v) is 2.73. The lowest BCUT2D eigenvalue weighted by atomic mass is 10.1. The summed E-state index contributed by atoms with van der Waals surface area (Å²) in [7, 11) is 0. The van der Waals surface area contributed by atoms with Crippen LogP contribution >= 0.6 is 0 Å². The number of hydrogen-bond acceptors (Lipinski definition) is 7. The number of nitrogens with zero attached hydrogens (tertiary/aromatic N) is 2. The second kappa shape index (κ2) is 13.0. The molecule has 0 aliphatic carbocycles. The van der Waals surface area contributed by atoms with Crippen molar-refractivity contribution in [3.8, 4) is 22.9 Å². The van der Waals surface area contributed by atoms with Gasteiger partial charge in [-0.2, -0.15) is 70.2 Å². The molecule has 1 N–H and O–H groups in total. The first-order chi connectivity index (χ1) is 20.6. The third kappa shape index (κ3) is 8.26. The number of ether oxygens (including phenoxy) is 4. The van der Waals surface area contributed by atoms with Crippen molar-refractivity contribution in [2.75, 3.05) is 19.8 Å². The van der Waals surface area contributed by atoms with Crippen LogP contribution in [-0.2, 0) is 14.2 Å². The fourth-order valence-electron chi connectivity index (χ4n) is 2.73. The largest absolute Gasteiger partial charge is 0.505 e. The number of aromatic nitrogens is 2. The number of aromatic hydroxyl groups is 1. The number of halogens is 18. The number of alkyl halides is 16. The van der Waals surface area contributed by atoms with E-state index in [-0.39, 0.29) is 0 Å². The van der Waals surface area contributed by atoms with Crippen LogP contribution in [0.2, 0.25) is 0 Å².